The van der Waals surface area contributed by atoms with Gasteiger partial charge in [0.2, 0.25) is 5.91 Å². The summed E-state index contributed by atoms with van der Waals surface area (Å²) in [4.78, 5) is 11.9. The van der Waals surface area contributed by atoms with Crippen molar-refractivity contribution in [1.82, 2.24) is 0 Å². The molecule has 19 atom stereocenters. The predicted molar refractivity (Wildman–Crippen MR) is 151 cm³/mol. The summed E-state index contributed by atoms with van der Waals surface area (Å²) in [6, 6.07) is -3.34. The maximum atomic E-state index is 11.9. The molecule has 4 fully saturated rings. The van der Waals surface area contributed by atoms with Crippen molar-refractivity contribution in [3.05, 3.63) is 0 Å². The molecule has 0 aromatic carbocycles. The van der Waals surface area contributed by atoms with Crippen molar-refractivity contribution in [2.45, 2.75) is 131 Å². The van der Waals surface area contributed by atoms with E-state index < -0.39 is 110 Å². The third kappa shape index (κ3) is 7.20. The molecular weight excluding hydrogens is 586 g/mol. The zero-order chi connectivity index (χ0) is 32.6. The summed E-state index contributed by atoms with van der Waals surface area (Å²) in [5.74, 6) is -0.731. The summed E-state index contributed by atoms with van der Waals surface area (Å²) >= 11 is 0. The van der Waals surface area contributed by atoms with Crippen LogP contribution in [0.3, 0.4) is 0 Å². The quantitative estimate of drug-likeness (QED) is 0.106. The van der Waals surface area contributed by atoms with Crippen LogP contribution in [0, 0.1) is 11.8 Å². The Hall–Kier alpha value is -1.17. The van der Waals surface area contributed by atoms with Crippen LogP contribution in [-0.2, 0) is 33.2 Å². The molecule has 0 aromatic rings. The zero-order valence-corrected chi connectivity index (χ0v) is 25.0. The molecule has 44 heavy (non-hydrogen) atoms. The predicted octanol–water partition coefficient (Wildman–Crippen LogP) is -6.46. The van der Waals surface area contributed by atoms with E-state index in [9.17, 15) is 25.2 Å². The van der Waals surface area contributed by atoms with Crippen molar-refractivity contribution in [3.8, 4) is 0 Å². The first-order valence-electron chi connectivity index (χ1n) is 15.1. The highest BCUT2D eigenvalue weighted by Crippen LogP contribution is 2.36. The maximum absolute atomic E-state index is 11.9. The average molecular weight is 638 g/mol. The number of aliphatic hydroxyl groups excluding tert-OH is 4. The topological polar surface area (TPSA) is 336 Å². The SMILES string of the molecule is C[C@@H]1C(CN)O[C@H](O[C@@H]2C(N)C[C@@H](N)C(O)[C@H]2O[C@@H]2O[C@H](CC(N)=O)[C@H](O[C@H]3O[C@@H](CN)[C@@H](O)C(O)C3N)C2O)C(N)[C@H]1C. The van der Waals surface area contributed by atoms with E-state index in [-0.39, 0.29) is 37.5 Å². The molecule has 1 aliphatic carbocycles. The van der Waals surface area contributed by atoms with Gasteiger partial charge >= 0.3 is 0 Å². The molecule has 18 nitrogen and oxygen atoms in total. The van der Waals surface area contributed by atoms with Crippen LogP contribution < -0.4 is 40.1 Å². The molecule has 3 saturated heterocycles. The van der Waals surface area contributed by atoms with Crippen LogP contribution in [0.5, 0.6) is 0 Å². The van der Waals surface area contributed by atoms with Crippen LogP contribution in [0.1, 0.15) is 26.7 Å². The second-order valence-corrected chi connectivity index (χ2v) is 12.5. The first-order chi connectivity index (χ1) is 20.7. The monoisotopic (exact) mass is 637 g/mol. The Balaban J connectivity index is 1.54. The molecule has 4 rings (SSSR count). The van der Waals surface area contributed by atoms with Gasteiger partial charge in [0.15, 0.2) is 18.9 Å². The highest BCUT2D eigenvalue weighted by atomic mass is 16.8. The molecule has 0 radical (unpaired) electrons. The van der Waals surface area contributed by atoms with Gasteiger partial charge in [0.1, 0.15) is 42.7 Å². The van der Waals surface area contributed by atoms with E-state index in [1.807, 2.05) is 13.8 Å². The van der Waals surface area contributed by atoms with Crippen LogP contribution in [0.2, 0.25) is 0 Å². The largest absolute Gasteiger partial charge is 0.389 e. The third-order valence-electron chi connectivity index (χ3n) is 9.49. The summed E-state index contributed by atoms with van der Waals surface area (Å²) < 4.78 is 35.9. The fraction of sp³-hybridized carbons (Fsp3) is 0.962. The first kappa shape index (κ1) is 35.7. The smallest absolute Gasteiger partial charge is 0.220 e. The number of carbonyl (C=O) groups excluding carboxylic acids is 1. The van der Waals surface area contributed by atoms with Crippen LogP contribution in [0.25, 0.3) is 0 Å². The van der Waals surface area contributed by atoms with Crippen molar-refractivity contribution < 1.29 is 53.6 Å². The van der Waals surface area contributed by atoms with E-state index in [2.05, 4.69) is 0 Å². The van der Waals surface area contributed by atoms with Gasteiger partial charge in [-0.2, -0.15) is 0 Å². The van der Waals surface area contributed by atoms with Gasteiger partial charge in [-0.3, -0.25) is 4.79 Å². The molecule has 0 aromatic heterocycles. The number of amides is 1. The number of aliphatic hydroxyl groups is 4. The molecule has 3 aliphatic heterocycles. The Kier molecular flexibility index (Phi) is 11.9. The van der Waals surface area contributed by atoms with E-state index in [0.717, 1.165) is 0 Å². The second-order valence-electron chi connectivity index (χ2n) is 12.5. The van der Waals surface area contributed by atoms with Gasteiger partial charge in [-0.05, 0) is 18.3 Å². The van der Waals surface area contributed by atoms with Gasteiger partial charge in [0.25, 0.3) is 0 Å². The normalized spacial score (nSPS) is 51.8. The summed E-state index contributed by atoms with van der Waals surface area (Å²) in [6.45, 7) is 4.03. The number of nitrogens with two attached hydrogens (primary N) is 7. The van der Waals surface area contributed by atoms with Crippen molar-refractivity contribution in [3.63, 3.8) is 0 Å². The highest BCUT2D eigenvalue weighted by Gasteiger charge is 2.54. The highest BCUT2D eigenvalue weighted by molar-refractivity contribution is 5.74. The molecule has 18 N–H and O–H groups in total. The van der Waals surface area contributed by atoms with E-state index in [0.29, 0.717) is 0 Å². The number of hydrogen-bond acceptors (Lipinski definition) is 17. The van der Waals surface area contributed by atoms with Gasteiger partial charge in [-0.1, -0.05) is 13.8 Å². The van der Waals surface area contributed by atoms with Gasteiger partial charge in [0.05, 0.1) is 36.8 Å². The number of primary amides is 1. The van der Waals surface area contributed by atoms with Gasteiger partial charge in [-0.15, -0.1) is 0 Å². The fourth-order valence-electron chi connectivity index (χ4n) is 6.41. The molecule has 1 saturated carbocycles. The van der Waals surface area contributed by atoms with Gasteiger partial charge in [-0.25, -0.2) is 0 Å². The fourth-order valence-corrected chi connectivity index (χ4v) is 6.41. The summed E-state index contributed by atoms with van der Waals surface area (Å²) in [5, 5.41) is 43.0. The third-order valence-corrected chi connectivity index (χ3v) is 9.49. The van der Waals surface area contributed by atoms with Crippen LogP contribution >= 0.6 is 0 Å². The molecule has 18 heteroatoms. The molecule has 256 valence electrons. The number of rotatable bonds is 10. The number of ether oxygens (including phenoxy) is 6. The maximum Gasteiger partial charge on any atom is 0.220 e. The minimum absolute atomic E-state index is 0.0204. The number of hydrogen-bond donors (Lipinski definition) is 11. The van der Waals surface area contributed by atoms with E-state index >= 15 is 0 Å². The van der Waals surface area contributed by atoms with E-state index in [1.54, 1.807) is 0 Å². The van der Waals surface area contributed by atoms with Crippen molar-refractivity contribution in [2.75, 3.05) is 13.1 Å². The summed E-state index contributed by atoms with van der Waals surface area (Å²) in [6.07, 6.45) is -15.8. The van der Waals surface area contributed by atoms with Crippen LogP contribution in [0.15, 0.2) is 0 Å². The lowest BCUT2D eigenvalue weighted by Crippen LogP contribution is -2.66. The Labute approximate surface area is 255 Å². The lowest BCUT2D eigenvalue weighted by Gasteiger charge is -2.48. The Morgan fingerprint density at radius 2 is 1.20 bits per heavy atom. The van der Waals surface area contributed by atoms with Crippen LogP contribution in [0.4, 0.5) is 0 Å². The van der Waals surface area contributed by atoms with Crippen molar-refractivity contribution in [1.29, 1.82) is 0 Å². The summed E-state index contributed by atoms with van der Waals surface area (Å²) in [7, 11) is 0. The van der Waals surface area contributed by atoms with E-state index in [1.165, 1.54) is 0 Å². The van der Waals surface area contributed by atoms with Gasteiger partial charge < -0.3 is 89.0 Å². The lowest BCUT2D eigenvalue weighted by atomic mass is 9.81. The number of carbonyl (C=O) groups is 1. The molecule has 0 bridgehead atoms. The molecule has 4 aliphatic rings. The molecule has 7 unspecified atom stereocenters. The molecule has 1 amide bonds. The van der Waals surface area contributed by atoms with Crippen molar-refractivity contribution >= 4 is 5.91 Å². The Bertz CT molecular complexity index is 956. The first-order valence-corrected chi connectivity index (χ1v) is 15.1. The minimum atomic E-state index is -1.59. The minimum Gasteiger partial charge on any atom is -0.389 e. The molecular formula is C26H51N7O11. The second kappa shape index (κ2) is 14.7. The summed E-state index contributed by atoms with van der Waals surface area (Å²) in [5.41, 5.74) is 42.1. The van der Waals surface area contributed by atoms with E-state index in [4.69, 9.17) is 68.6 Å². The standard InChI is InChI=1S/C26H51N7O11/c1-7-8(2)15(32)24(40-12(7)5-27)42-21-10(30)3-9(29)17(35)23(21)44-26-20(38)22(11(39-26)4-14(31)34)43-25-16(33)19(37)18(36)13(6-28)41-25/h7-13,15-26,35-38H,3-6,27-30,32-33H2,1-2H3,(H2,31,34)/t7-,8-,9+,10?,11+,12?,13-,15?,16?,17?,18+,19?,20?,21+,22-,23+,24+,25+,26-/m0/s1. The molecule has 3 heterocycles. The zero-order valence-electron chi connectivity index (χ0n) is 25.0. The Morgan fingerprint density at radius 3 is 1.82 bits per heavy atom. The van der Waals surface area contributed by atoms with Crippen LogP contribution in [-0.4, -0.2) is 143 Å². The Morgan fingerprint density at radius 1 is 0.659 bits per heavy atom. The lowest BCUT2D eigenvalue weighted by molar-refractivity contribution is -0.296. The molecule has 0 spiro atoms. The van der Waals surface area contributed by atoms with Crippen molar-refractivity contribution in [2.24, 2.45) is 52.0 Å². The van der Waals surface area contributed by atoms with Gasteiger partial charge in [0, 0.05) is 25.2 Å². The average Bonchev–Trinajstić information content (AvgIpc) is 3.25.